The molecule has 17 heavy (non-hydrogen) atoms. The number of methoxy groups -OCH3 is 2. The van der Waals surface area contributed by atoms with Crippen molar-refractivity contribution in [1.82, 2.24) is 4.98 Å². The second kappa shape index (κ2) is 4.25. The van der Waals surface area contributed by atoms with E-state index in [0.29, 0.717) is 22.4 Å². The zero-order chi connectivity index (χ0) is 12.4. The maximum atomic E-state index is 10.6. The molecule has 0 radical (unpaired) electrons. The van der Waals surface area contributed by atoms with Crippen molar-refractivity contribution in [1.29, 1.82) is 0 Å². The molecule has 1 heterocycles. The highest BCUT2D eigenvalue weighted by Gasteiger charge is 2.11. The van der Waals surface area contributed by atoms with E-state index < -0.39 is 4.92 Å². The molecule has 0 amide bonds. The second-order valence-corrected chi connectivity index (χ2v) is 3.35. The highest BCUT2D eigenvalue weighted by molar-refractivity contribution is 5.84. The van der Waals surface area contributed by atoms with Crippen LogP contribution in [-0.4, -0.2) is 24.1 Å². The second-order valence-electron chi connectivity index (χ2n) is 3.35. The van der Waals surface area contributed by atoms with Gasteiger partial charge in [0.05, 0.1) is 24.7 Å². The third-order valence-corrected chi connectivity index (χ3v) is 2.38. The van der Waals surface area contributed by atoms with Gasteiger partial charge in [0.15, 0.2) is 11.5 Å². The molecular formula is C11H10N2O4. The fraction of sp³-hybridized carbons (Fsp3) is 0.182. The minimum Gasteiger partial charge on any atom is -0.493 e. The third kappa shape index (κ3) is 1.96. The molecule has 0 saturated heterocycles. The molecule has 0 spiro atoms. The van der Waals surface area contributed by atoms with Crippen LogP contribution in [0.15, 0.2) is 24.4 Å². The highest BCUT2D eigenvalue weighted by Crippen LogP contribution is 2.32. The molecule has 0 fully saturated rings. The van der Waals surface area contributed by atoms with Crippen molar-refractivity contribution in [2.45, 2.75) is 0 Å². The van der Waals surface area contributed by atoms with E-state index in [0.717, 1.165) is 0 Å². The summed E-state index contributed by atoms with van der Waals surface area (Å²) in [5.41, 5.74) is 0.568. The van der Waals surface area contributed by atoms with E-state index in [-0.39, 0.29) is 5.69 Å². The number of hydrogen-bond donors (Lipinski definition) is 0. The number of hydrogen-bond acceptors (Lipinski definition) is 5. The Morgan fingerprint density at radius 2 is 1.82 bits per heavy atom. The fourth-order valence-electron chi connectivity index (χ4n) is 1.54. The average Bonchev–Trinajstić information content (AvgIpc) is 2.36. The molecule has 88 valence electrons. The number of nitro groups is 1. The molecule has 2 rings (SSSR count). The highest BCUT2D eigenvalue weighted by atomic mass is 16.6. The molecule has 1 aromatic carbocycles. The number of pyridine rings is 1. The van der Waals surface area contributed by atoms with Crippen LogP contribution in [0.1, 0.15) is 0 Å². The minimum atomic E-state index is -0.483. The summed E-state index contributed by atoms with van der Waals surface area (Å²) in [5, 5.41) is 11.3. The number of rotatable bonds is 3. The van der Waals surface area contributed by atoms with E-state index in [1.54, 1.807) is 12.1 Å². The first-order chi connectivity index (χ1) is 8.15. The Kier molecular flexibility index (Phi) is 2.78. The summed E-state index contributed by atoms with van der Waals surface area (Å²) in [7, 11) is 3.03. The van der Waals surface area contributed by atoms with E-state index in [4.69, 9.17) is 9.47 Å². The summed E-state index contributed by atoms with van der Waals surface area (Å²) in [6.07, 6.45) is 1.22. The van der Waals surface area contributed by atoms with E-state index in [9.17, 15) is 10.1 Å². The van der Waals surface area contributed by atoms with E-state index in [2.05, 4.69) is 4.98 Å². The molecule has 0 atom stereocenters. The van der Waals surface area contributed by atoms with Crippen LogP contribution in [0.3, 0.4) is 0 Å². The normalized spacial score (nSPS) is 10.2. The molecule has 0 unspecified atom stereocenters. The molecule has 6 nitrogen and oxygen atoms in total. The minimum absolute atomic E-state index is 0.0512. The van der Waals surface area contributed by atoms with Crippen molar-refractivity contribution in [2.75, 3.05) is 14.2 Å². The molecule has 0 N–H and O–H groups in total. The van der Waals surface area contributed by atoms with Gasteiger partial charge >= 0.3 is 0 Å². The first-order valence-electron chi connectivity index (χ1n) is 4.82. The van der Waals surface area contributed by atoms with Gasteiger partial charge in [-0.2, -0.15) is 0 Å². The third-order valence-electron chi connectivity index (χ3n) is 2.38. The SMILES string of the molecule is COc1cc2cc([N+](=O)[O-])cnc2cc1OC. The summed E-state index contributed by atoms with van der Waals surface area (Å²) in [5.74, 6) is 1.06. The van der Waals surface area contributed by atoms with Crippen molar-refractivity contribution in [2.24, 2.45) is 0 Å². The van der Waals surface area contributed by atoms with Crippen LogP contribution in [-0.2, 0) is 0 Å². The first-order valence-corrected chi connectivity index (χ1v) is 4.82. The lowest BCUT2D eigenvalue weighted by Gasteiger charge is -2.08. The predicted molar refractivity (Wildman–Crippen MR) is 61.5 cm³/mol. The lowest BCUT2D eigenvalue weighted by atomic mass is 10.2. The summed E-state index contributed by atoms with van der Waals surface area (Å²) < 4.78 is 10.2. The number of nitrogens with zero attached hydrogens (tertiary/aromatic N) is 2. The lowest BCUT2D eigenvalue weighted by Crippen LogP contribution is -1.93. The molecule has 0 aliphatic rings. The van der Waals surface area contributed by atoms with Crippen LogP contribution < -0.4 is 9.47 Å². The Morgan fingerprint density at radius 3 is 2.41 bits per heavy atom. The van der Waals surface area contributed by atoms with E-state index >= 15 is 0 Å². The van der Waals surface area contributed by atoms with Gasteiger partial charge in [0.1, 0.15) is 6.20 Å². The molecule has 0 aliphatic carbocycles. The summed E-state index contributed by atoms with van der Waals surface area (Å²) >= 11 is 0. The van der Waals surface area contributed by atoms with E-state index in [1.807, 2.05) is 0 Å². The first kappa shape index (κ1) is 11.1. The van der Waals surface area contributed by atoms with Gasteiger partial charge in [0.2, 0.25) is 0 Å². The zero-order valence-corrected chi connectivity index (χ0v) is 9.34. The maximum absolute atomic E-state index is 10.6. The van der Waals surface area contributed by atoms with Gasteiger partial charge in [-0.05, 0) is 6.07 Å². The Hall–Kier alpha value is -2.37. The summed E-state index contributed by atoms with van der Waals surface area (Å²) in [4.78, 5) is 14.2. The molecule has 2 aromatic rings. The topological polar surface area (TPSA) is 74.5 Å². The monoisotopic (exact) mass is 234 g/mol. The van der Waals surface area contributed by atoms with Crippen molar-refractivity contribution < 1.29 is 14.4 Å². The molecule has 1 aromatic heterocycles. The van der Waals surface area contributed by atoms with Crippen LogP contribution in [0.4, 0.5) is 5.69 Å². The Balaban J connectivity index is 2.66. The smallest absolute Gasteiger partial charge is 0.288 e. The molecule has 0 aliphatic heterocycles. The molecule has 0 saturated carbocycles. The van der Waals surface area contributed by atoms with Crippen LogP contribution in [0.2, 0.25) is 0 Å². The molecule has 0 bridgehead atoms. The van der Waals surface area contributed by atoms with Crippen molar-refractivity contribution in [3.05, 3.63) is 34.5 Å². The summed E-state index contributed by atoms with van der Waals surface area (Å²) in [6, 6.07) is 4.79. The van der Waals surface area contributed by atoms with Gasteiger partial charge < -0.3 is 9.47 Å². The van der Waals surface area contributed by atoms with Gasteiger partial charge in [-0.25, -0.2) is 4.98 Å². The van der Waals surface area contributed by atoms with Gasteiger partial charge in [-0.15, -0.1) is 0 Å². The summed E-state index contributed by atoms with van der Waals surface area (Å²) in [6.45, 7) is 0. The van der Waals surface area contributed by atoms with Crippen LogP contribution in [0.5, 0.6) is 11.5 Å². The van der Waals surface area contributed by atoms with Crippen molar-refractivity contribution >= 4 is 16.6 Å². The van der Waals surface area contributed by atoms with Gasteiger partial charge in [0.25, 0.3) is 5.69 Å². The van der Waals surface area contributed by atoms with Crippen molar-refractivity contribution in [3.8, 4) is 11.5 Å². The largest absolute Gasteiger partial charge is 0.493 e. The van der Waals surface area contributed by atoms with E-state index in [1.165, 1.54) is 26.5 Å². The van der Waals surface area contributed by atoms with Gasteiger partial charge in [-0.1, -0.05) is 0 Å². The zero-order valence-electron chi connectivity index (χ0n) is 9.34. The predicted octanol–water partition coefficient (Wildman–Crippen LogP) is 2.16. The van der Waals surface area contributed by atoms with Crippen LogP contribution >= 0.6 is 0 Å². The maximum Gasteiger partial charge on any atom is 0.288 e. The Bertz CT molecular complexity index is 583. The Morgan fingerprint density at radius 1 is 1.18 bits per heavy atom. The number of ether oxygens (including phenoxy) is 2. The number of fused-ring (bicyclic) bond motifs is 1. The number of aromatic nitrogens is 1. The van der Waals surface area contributed by atoms with Crippen LogP contribution in [0, 0.1) is 10.1 Å². The standard InChI is InChI=1S/C11H10N2O4/c1-16-10-4-7-3-8(13(14)15)6-12-9(7)5-11(10)17-2/h3-6H,1-2H3. The van der Waals surface area contributed by atoms with Crippen molar-refractivity contribution in [3.63, 3.8) is 0 Å². The Labute approximate surface area is 96.9 Å². The molecular weight excluding hydrogens is 224 g/mol. The van der Waals surface area contributed by atoms with Crippen LogP contribution in [0.25, 0.3) is 10.9 Å². The number of benzene rings is 1. The average molecular weight is 234 g/mol. The lowest BCUT2D eigenvalue weighted by molar-refractivity contribution is -0.385. The quantitative estimate of drug-likeness (QED) is 0.600. The molecule has 6 heteroatoms. The van der Waals surface area contributed by atoms with Gasteiger partial charge in [-0.3, -0.25) is 10.1 Å². The van der Waals surface area contributed by atoms with Gasteiger partial charge in [0, 0.05) is 17.5 Å². The fourth-order valence-corrected chi connectivity index (χ4v) is 1.54.